The molecule has 2 aromatic rings. The van der Waals surface area contributed by atoms with Crippen molar-refractivity contribution in [2.75, 3.05) is 0 Å². The second-order valence-corrected chi connectivity index (χ2v) is 6.16. The molecular formula is C13H12BrClO2S. The summed E-state index contributed by atoms with van der Waals surface area (Å²) in [5.41, 5.74) is 0.769. The van der Waals surface area contributed by atoms with Crippen LogP contribution in [-0.4, -0.2) is 5.11 Å². The first-order chi connectivity index (χ1) is 8.58. The largest absolute Gasteiger partial charge is 0.488 e. The molecule has 0 spiro atoms. The molecule has 2 nitrogen and oxygen atoms in total. The van der Waals surface area contributed by atoms with Gasteiger partial charge in [-0.15, -0.1) is 11.3 Å². The fourth-order valence-electron chi connectivity index (χ4n) is 1.55. The van der Waals surface area contributed by atoms with Gasteiger partial charge in [-0.1, -0.05) is 33.6 Å². The molecule has 1 aromatic carbocycles. The van der Waals surface area contributed by atoms with Crippen LogP contribution in [0.15, 0.2) is 34.1 Å². The summed E-state index contributed by atoms with van der Waals surface area (Å²) >= 11 is 11.0. The quantitative estimate of drug-likeness (QED) is 0.861. The third kappa shape index (κ3) is 3.26. The predicted molar refractivity (Wildman–Crippen MR) is 78.4 cm³/mol. The molecule has 96 valence electrons. The van der Waals surface area contributed by atoms with Crippen LogP contribution in [-0.2, 0) is 6.61 Å². The number of ether oxygens (including phenoxy) is 1. The van der Waals surface area contributed by atoms with E-state index in [1.54, 1.807) is 18.3 Å². The van der Waals surface area contributed by atoms with Crippen LogP contribution in [0.1, 0.15) is 23.5 Å². The Morgan fingerprint density at radius 2 is 2.22 bits per heavy atom. The van der Waals surface area contributed by atoms with Crippen LogP contribution in [0, 0.1) is 0 Å². The first-order valence-electron chi connectivity index (χ1n) is 5.40. The molecule has 1 N–H and O–H groups in total. The van der Waals surface area contributed by atoms with Crippen molar-refractivity contribution < 1.29 is 9.84 Å². The SMILES string of the molecule is C[C@H](O)c1ccc(Br)cc1OCc1sccc1Cl. The monoisotopic (exact) mass is 346 g/mol. The second-order valence-electron chi connectivity index (χ2n) is 3.84. The van der Waals surface area contributed by atoms with Gasteiger partial charge < -0.3 is 9.84 Å². The molecule has 0 fully saturated rings. The molecule has 0 radical (unpaired) electrons. The molecule has 18 heavy (non-hydrogen) atoms. The highest BCUT2D eigenvalue weighted by atomic mass is 79.9. The smallest absolute Gasteiger partial charge is 0.126 e. The number of hydrogen-bond acceptors (Lipinski definition) is 3. The van der Waals surface area contributed by atoms with Gasteiger partial charge in [0, 0.05) is 10.0 Å². The molecule has 0 saturated carbocycles. The van der Waals surface area contributed by atoms with Crippen molar-refractivity contribution in [1.29, 1.82) is 0 Å². The molecule has 2 rings (SSSR count). The standard InChI is InChI=1S/C13H12BrClO2S/c1-8(16)10-3-2-9(14)6-12(10)17-7-13-11(15)4-5-18-13/h2-6,8,16H,7H2,1H3/t8-/m0/s1. The number of rotatable bonds is 4. The first kappa shape index (κ1) is 13.9. The number of thiophene rings is 1. The van der Waals surface area contributed by atoms with Gasteiger partial charge in [0.2, 0.25) is 0 Å². The normalized spacial score (nSPS) is 12.4. The highest BCUT2D eigenvalue weighted by Gasteiger charge is 2.11. The number of halogens is 2. The van der Waals surface area contributed by atoms with Gasteiger partial charge in [0.15, 0.2) is 0 Å². The average Bonchev–Trinajstić information content (AvgIpc) is 2.72. The van der Waals surface area contributed by atoms with Gasteiger partial charge in [-0.05, 0) is 30.5 Å². The van der Waals surface area contributed by atoms with E-state index in [-0.39, 0.29) is 0 Å². The van der Waals surface area contributed by atoms with Gasteiger partial charge in [-0.2, -0.15) is 0 Å². The zero-order valence-corrected chi connectivity index (χ0v) is 12.8. The molecule has 1 atom stereocenters. The van der Waals surface area contributed by atoms with Gasteiger partial charge in [-0.3, -0.25) is 0 Å². The molecule has 0 saturated heterocycles. The van der Waals surface area contributed by atoms with Crippen molar-refractivity contribution in [3.63, 3.8) is 0 Å². The highest BCUT2D eigenvalue weighted by Crippen LogP contribution is 2.30. The topological polar surface area (TPSA) is 29.5 Å². The van der Waals surface area contributed by atoms with Crippen LogP contribution in [0.3, 0.4) is 0 Å². The summed E-state index contributed by atoms with van der Waals surface area (Å²) in [5.74, 6) is 0.670. The number of benzene rings is 1. The van der Waals surface area contributed by atoms with E-state index in [9.17, 15) is 5.11 Å². The van der Waals surface area contributed by atoms with E-state index in [0.29, 0.717) is 17.4 Å². The molecule has 0 aliphatic carbocycles. The Balaban J connectivity index is 2.18. The van der Waals surface area contributed by atoms with E-state index in [0.717, 1.165) is 14.9 Å². The fraction of sp³-hybridized carbons (Fsp3) is 0.231. The van der Waals surface area contributed by atoms with Crippen LogP contribution in [0.5, 0.6) is 5.75 Å². The Morgan fingerprint density at radius 3 is 2.83 bits per heavy atom. The average molecular weight is 348 g/mol. The summed E-state index contributed by atoms with van der Waals surface area (Å²) in [5, 5.41) is 12.3. The molecule has 0 amide bonds. The summed E-state index contributed by atoms with van der Waals surface area (Å²) in [6.45, 7) is 2.13. The Hall–Kier alpha value is -0.550. The molecule has 0 bridgehead atoms. The second kappa shape index (κ2) is 6.06. The van der Waals surface area contributed by atoms with Crippen LogP contribution in [0.4, 0.5) is 0 Å². The Morgan fingerprint density at radius 1 is 1.44 bits per heavy atom. The zero-order valence-electron chi connectivity index (χ0n) is 9.69. The first-order valence-corrected chi connectivity index (χ1v) is 7.45. The van der Waals surface area contributed by atoms with Gasteiger partial charge in [-0.25, -0.2) is 0 Å². The lowest BCUT2D eigenvalue weighted by Gasteiger charge is -2.13. The Kier molecular flexibility index (Phi) is 4.67. The minimum atomic E-state index is -0.563. The molecule has 1 heterocycles. The molecule has 0 aliphatic rings. The van der Waals surface area contributed by atoms with E-state index in [4.69, 9.17) is 16.3 Å². The maximum absolute atomic E-state index is 9.69. The molecule has 1 aromatic heterocycles. The van der Waals surface area contributed by atoms with E-state index in [2.05, 4.69) is 15.9 Å². The van der Waals surface area contributed by atoms with Crippen molar-refractivity contribution in [2.45, 2.75) is 19.6 Å². The van der Waals surface area contributed by atoms with Crippen molar-refractivity contribution in [2.24, 2.45) is 0 Å². The minimum absolute atomic E-state index is 0.409. The number of aliphatic hydroxyl groups excluding tert-OH is 1. The van der Waals surface area contributed by atoms with Crippen molar-refractivity contribution >= 4 is 38.9 Å². The highest BCUT2D eigenvalue weighted by molar-refractivity contribution is 9.10. The van der Waals surface area contributed by atoms with Gasteiger partial charge >= 0.3 is 0 Å². The maximum atomic E-state index is 9.69. The third-order valence-electron chi connectivity index (χ3n) is 2.48. The molecule has 5 heteroatoms. The van der Waals surface area contributed by atoms with Crippen LogP contribution >= 0.6 is 38.9 Å². The maximum Gasteiger partial charge on any atom is 0.126 e. The van der Waals surface area contributed by atoms with E-state index in [1.807, 2.05) is 29.6 Å². The fourth-order valence-corrected chi connectivity index (χ4v) is 2.89. The lowest BCUT2D eigenvalue weighted by Crippen LogP contribution is -2.00. The van der Waals surface area contributed by atoms with Crippen LogP contribution in [0.25, 0.3) is 0 Å². The minimum Gasteiger partial charge on any atom is -0.488 e. The van der Waals surface area contributed by atoms with E-state index in [1.165, 1.54) is 0 Å². The van der Waals surface area contributed by atoms with Gasteiger partial charge in [0.25, 0.3) is 0 Å². The lowest BCUT2D eigenvalue weighted by atomic mass is 10.1. The lowest BCUT2D eigenvalue weighted by molar-refractivity contribution is 0.190. The molecular weight excluding hydrogens is 336 g/mol. The third-order valence-corrected chi connectivity index (χ3v) is 4.33. The molecule has 0 aliphatic heterocycles. The summed E-state index contributed by atoms with van der Waals surface area (Å²) in [6.07, 6.45) is -0.563. The number of hydrogen-bond donors (Lipinski definition) is 1. The zero-order chi connectivity index (χ0) is 13.1. The van der Waals surface area contributed by atoms with Crippen molar-refractivity contribution in [1.82, 2.24) is 0 Å². The Labute approximate surface area is 123 Å². The summed E-state index contributed by atoms with van der Waals surface area (Å²) in [7, 11) is 0. The van der Waals surface area contributed by atoms with Crippen molar-refractivity contribution in [3.8, 4) is 5.75 Å². The van der Waals surface area contributed by atoms with Crippen LogP contribution < -0.4 is 4.74 Å². The van der Waals surface area contributed by atoms with Gasteiger partial charge in [0.1, 0.15) is 12.4 Å². The predicted octanol–water partition coefficient (Wildman–Crippen LogP) is 4.80. The van der Waals surface area contributed by atoms with E-state index >= 15 is 0 Å². The van der Waals surface area contributed by atoms with E-state index < -0.39 is 6.10 Å². The van der Waals surface area contributed by atoms with Gasteiger partial charge in [0.05, 0.1) is 16.0 Å². The van der Waals surface area contributed by atoms with Crippen molar-refractivity contribution in [3.05, 3.63) is 49.6 Å². The number of aliphatic hydroxyl groups is 1. The summed E-state index contributed by atoms with van der Waals surface area (Å²) in [6, 6.07) is 7.43. The Bertz CT molecular complexity index is 540. The summed E-state index contributed by atoms with van der Waals surface area (Å²) < 4.78 is 6.66. The summed E-state index contributed by atoms with van der Waals surface area (Å²) in [4.78, 5) is 0.980. The molecule has 0 unspecified atom stereocenters. The van der Waals surface area contributed by atoms with Crippen LogP contribution in [0.2, 0.25) is 5.02 Å².